The molecular formula is C21H19F2N3O3S. The van der Waals surface area contributed by atoms with Crippen molar-refractivity contribution >= 4 is 28.8 Å². The Bertz CT molecular complexity index is 1050. The first-order valence-corrected chi connectivity index (χ1v) is 9.79. The molecule has 0 fully saturated rings. The van der Waals surface area contributed by atoms with Gasteiger partial charge in [0.2, 0.25) is 5.91 Å². The highest BCUT2D eigenvalue weighted by molar-refractivity contribution is 7.13. The van der Waals surface area contributed by atoms with Crippen molar-refractivity contribution < 1.29 is 23.1 Å². The van der Waals surface area contributed by atoms with E-state index in [1.54, 1.807) is 26.2 Å². The summed E-state index contributed by atoms with van der Waals surface area (Å²) in [5, 5.41) is 5.67. The van der Waals surface area contributed by atoms with Crippen molar-refractivity contribution in [1.29, 1.82) is 0 Å². The normalized spacial score (nSPS) is 10.5. The van der Waals surface area contributed by atoms with Crippen molar-refractivity contribution in [2.24, 2.45) is 0 Å². The molecule has 30 heavy (non-hydrogen) atoms. The topological polar surface area (TPSA) is 80.3 Å². The molecule has 6 nitrogen and oxygen atoms in total. The zero-order valence-electron chi connectivity index (χ0n) is 16.3. The number of amides is 2. The van der Waals surface area contributed by atoms with Gasteiger partial charge in [-0.1, -0.05) is 12.1 Å². The number of aromatic nitrogens is 1. The molecule has 2 amide bonds. The van der Waals surface area contributed by atoms with Gasteiger partial charge in [0, 0.05) is 18.3 Å². The van der Waals surface area contributed by atoms with Crippen LogP contribution in [0, 0.1) is 18.6 Å². The molecule has 0 spiro atoms. The van der Waals surface area contributed by atoms with E-state index in [1.807, 2.05) is 12.1 Å². The second kappa shape index (κ2) is 9.45. The van der Waals surface area contributed by atoms with Gasteiger partial charge in [-0.25, -0.2) is 13.8 Å². The van der Waals surface area contributed by atoms with Gasteiger partial charge >= 0.3 is 0 Å². The number of benzene rings is 2. The van der Waals surface area contributed by atoms with E-state index < -0.39 is 17.5 Å². The Hall–Kier alpha value is -3.33. The summed E-state index contributed by atoms with van der Waals surface area (Å²) in [6.45, 7) is 2.02. The van der Waals surface area contributed by atoms with Crippen molar-refractivity contribution in [3.05, 3.63) is 75.2 Å². The predicted molar refractivity (Wildman–Crippen MR) is 110 cm³/mol. The van der Waals surface area contributed by atoms with Crippen molar-refractivity contribution in [2.45, 2.75) is 19.9 Å². The monoisotopic (exact) mass is 431 g/mol. The molecule has 0 radical (unpaired) electrons. The minimum absolute atomic E-state index is 0.0169. The number of anilines is 1. The third-order valence-corrected chi connectivity index (χ3v) is 5.27. The van der Waals surface area contributed by atoms with Crippen molar-refractivity contribution in [2.75, 3.05) is 12.4 Å². The summed E-state index contributed by atoms with van der Waals surface area (Å²) in [6, 6.07) is 10.1. The third kappa shape index (κ3) is 5.60. The molecule has 1 heterocycles. The fourth-order valence-corrected chi connectivity index (χ4v) is 3.69. The summed E-state index contributed by atoms with van der Waals surface area (Å²) in [5.41, 5.74) is 1.43. The quantitative estimate of drug-likeness (QED) is 0.596. The van der Waals surface area contributed by atoms with E-state index in [4.69, 9.17) is 4.74 Å². The first-order valence-electron chi connectivity index (χ1n) is 8.97. The van der Waals surface area contributed by atoms with Gasteiger partial charge in [-0.3, -0.25) is 9.59 Å². The van der Waals surface area contributed by atoms with Gasteiger partial charge < -0.3 is 15.4 Å². The zero-order chi connectivity index (χ0) is 21.7. The first kappa shape index (κ1) is 21.4. The lowest BCUT2D eigenvalue weighted by molar-refractivity contribution is -0.115. The molecule has 3 aromatic rings. The first-order chi connectivity index (χ1) is 14.3. The lowest BCUT2D eigenvalue weighted by Crippen LogP contribution is -2.22. The Morgan fingerprint density at radius 1 is 1.10 bits per heavy atom. The minimum Gasteiger partial charge on any atom is -0.497 e. The third-order valence-electron chi connectivity index (χ3n) is 4.12. The Balaban J connectivity index is 1.59. The Kier molecular flexibility index (Phi) is 6.73. The molecule has 0 saturated carbocycles. The van der Waals surface area contributed by atoms with Crippen molar-refractivity contribution in [1.82, 2.24) is 10.3 Å². The van der Waals surface area contributed by atoms with Crippen LogP contribution in [0.1, 0.15) is 25.9 Å². The van der Waals surface area contributed by atoms with Crippen LogP contribution in [-0.2, 0) is 17.8 Å². The maximum absolute atomic E-state index is 13.2. The number of nitrogens with one attached hydrogen (secondary N) is 2. The highest BCUT2D eigenvalue weighted by atomic mass is 32.1. The highest BCUT2D eigenvalue weighted by Gasteiger charge is 2.17. The van der Waals surface area contributed by atoms with Crippen LogP contribution in [-0.4, -0.2) is 23.9 Å². The molecule has 0 unspecified atom stereocenters. The number of aryl methyl sites for hydroxylation is 1. The Morgan fingerprint density at radius 2 is 1.77 bits per heavy atom. The van der Waals surface area contributed by atoms with Gasteiger partial charge in [0.05, 0.1) is 19.2 Å². The predicted octanol–water partition coefficient (Wildman–Crippen LogP) is 3.85. The number of methoxy groups -OCH3 is 1. The van der Waals surface area contributed by atoms with E-state index in [9.17, 15) is 18.4 Å². The molecule has 0 saturated heterocycles. The molecule has 0 aliphatic rings. The molecule has 0 aliphatic carbocycles. The molecule has 0 bridgehead atoms. The maximum atomic E-state index is 13.2. The van der Waals surface area contributed by atoms with Crippen LogP contribution in [0.4, 0.5) is 14.5 Å². The summed E-state index contributed by atoms with van der Waals surface area (Å²) in [6.07, 6.45) is -0.116. The molecular weight excluding hydrogens is 412 g/mol. The lowest BCUT2D eigenvalue weighted by Gasteiger charge is -2.05. The SMILES string of the molecule is COc1ccc(CNC(=O)c2sc(CC(=O)Nc3cc(F)cc(F)c3)nc2C)cc1. The van der Waals surface area contributed by atoms with E-state index >= 15 is 0 Å². The van der Waals surface area contributed by atoms with E-state index in [1.165, 1.54) is 0 Å². The fourth-order valence-electron chi connectivity index (χ4n) is 2.71. The number of hydrogen-bond acceptors (Lipinski definition) is 5. The van der Waals surface area contributed by atoms with E-state index in [0.29, 0.717) is 22.1 Å². The summed E-state index contributed by atoms with van der Waals surface area (Å²) < 4.78 is 31.6. The summed E-state index contributed by atoms with van der Waals surface area (Å²) in [4.78, 5) is 29.3. The van der Waals surface area contributed by atoms with Gasteiger partial charge in [0.15, 0.2) is 0 Å². The molecule has 2 N–H and O–H groups in total. The average Bonchev–Trinajstić information content (AvgIpc) is 3.05. The molecule has 0 atom stereocenters. The second-order valence-corrected chi connectivity index (χ2v) is 7.52. The Labute approximate surface area is 175 Å². The number of halogens is 2. The number of carbonyl (C=O) groups is 2. The number of hydrogen-bond donors (Lipinski definition) is 2. The zero-order valence-corrected chi connectivity index (χ0v) is 17.1. The lowest BCUT2D eigenvalue weighted by atomic mass is 10.2. The standard InChI is InChI=1S/C21H19F2N3O3S/c1-12-20(21(28)24-11-13-3-5-17(29-2)6-4-13)30-19(25-12)10-18(27)26-16-8-14(22)7-15(23)9-16/h3-9H,10-11H2,1-2H3,(H,24,28)(H,26,27). The van der Waals surface area contributed by atoms with Gasteiger partial charge in [-0.2, -0.15) is 0 Å². The van der Waals surface area contributed by atoms with Crippen LogP contribution in [0.5, 0.6) is 5.75 Å². The van der Waals surface area contributed by atoms with Crippen molar-refractivity contribution in [3.8, 4) is 5.75 Å². The molecule has 3 rings (SSSR count). The highest BCUT2D eigenvalue weighted by Crippen LogP contribution is 2.20. The maximum Gasteiger partial charge on any atom is 0.263 e. The van der Waals surface area contributed by atoms with Gasteiger partial charge in [0.25, 0.3) is 5.91 Å². The van der Waals surface area contributed by atoms with Crippen LogP contribution in [0.25, 0.3) is 0 Å². The summed E-state index contributed by atoms with van der Waals surface area (Å²) in [7, 11) is 1.58. The van der Waals surface area contributed by atoms with Gasteiger partial charge in [0.1, 0.15) is 27.3 Å². The van der Waals surface area contributed by atoms with E-state index in [-0.39, 0.29) is 18.0 Å². The molecule has 1 aromatic heterocycles. The van der Waals surface area contributed by atoms with Crippen LogP contribution in [0.3, 0.4) is 0 Å². The van der Waals surface area contributed by atoms with Gasteiger partial charge in [-0.05, 0) is 36.8 Å². The average molecular weight is 431 g/mol. The number of rotatable bonds is 7. The number of carbonyl (C=O) groups excluding carboxylic acids is 2. The summed E-state index contributed by atoms with van der Waals surface area (Å²) in [5.74, 6) is -1.62. The molecule has 2 aromatic carbocycles. The fraction of sp³-hybridized carbons (Fsp3) is 0.190. The smallest absolute Gasteiger partial charge is 0.263 e. The van der Waals surface area contributed by atoms with E-state index in [2.05, 4.69) is 15.6 Å². The molecule has 0 aliphatic heterocycles. The molecule has 156 valence electrons. The number of ether oxygens (including phenoxy) is 1. The second-order valence-electron chi connectivity index (χ2n) is 6.44. The number of thiazole rings is 1. The summed E-state index contributed by atoms with van der Waals surface area (Å²) >= 11 is 1.10. The van der Waals surface area contributed by atoms with Gasteiger partial charge in [-0.15, -0.1) is 11.3 Å². The minimum atomic E-state index is -0.786. The van der Waals surface area contributed by atoms with Crippen LogP contribution >= 0.6 is 11.3 Å². The molecule has 9 heteroatoms. The van der Waals surface area contributed by atoms with Crippen LogP contribution in [0.2, 0.25) is 0 Å². The number of nitrogens with zero attached hydrogens (tertiary/aromatic N) is 1. The largest absolute Gasteiger partial charge is 0.497 e. The Morgan fingerprint density at radius 3 is 2.40 bits per heavy atom. The van der Waals surface area contributed by atoms with Crippen LogP contribution in [0.15, 0.2) is 42.5 Å². The van der Waals surface area contributed by atoms with Crippen LogP contribution < -0.4 is 15.4 Å². The van der Waals surface area contributed by atoms with Crippen molar-refractivity contribution in [3.63, 3.8) is 0 Å². The van der Waals surface area contributed by atoms with E-state index in [0.717, 1.165) is 40.8 Å².